The number of aryl methyl sites for hydroxylation is 1. The van der Waals surface area contributed by atoms with E-state index in [0.717, 1.165) is 50.6 Å². The number of carbonyl (C=O) groups excluding carboxylic acids is 1. The first kappa shape index (κ1) is 16.9. The smallest absolute Gasteiger partial charge is 0.255 e. The third-order valence-electron chi connectivity index (χ3n) is 4.42. The molecule has 0 bridgehead atoms. The van der Waals surface area contributed by atoms with Gasteiger partial charge in [0.2, 0.25) is 0 Å². The number of rotatable bonds is 5. The Kier molecular flexibility index (Phi) is 5.83. The average Bonchev–Trinajstić information content (AvgIpc) is 2.64. The highest BCUT2D eigenvalue weighted by Gasteiger charge is 2.21. The number of hydrogen-bond acceptors (Lipinski definition) is 3. The summed E-state index contributed by atoms with van der Waals surface area (Å²) in [5, 5.41) is 0.785. The van der Waals surface area contributed by atoms with Crippen LogP contribution in [0.2, 0.25) is 5.02 Å². The molecule has 1 fully saturated rings. The Balaban J connectivity index is 1.40. The van der Waals surface area contributed by atoms with Crippen LogP contribution < -0.4 is 0 Å². The van der Waals surface area contributed by atoms with E-state index in [4.69, 9.17) is 11.6 Å². The van der Waals surface area contributed by atoms with Crippen LogP contribution in [0.5, 0.6) is 0 Å². The molecular weight excluding hydrogens is 322 g/mol. The highest BCUT2D eigenvalue weighted by molar-refractivity contribution is 6.30. The highest BCUT2D eigenvalue weighted by atomic mass is 35.5. The third-order valence-corrected chi connectivity index (χ3v) is 4.67. The van der Waals surface area contributed by atoms with E-state index in [0.29, 0.717) is 5.56 Å². The lowest BCUT2D eigenvalue weighted by Gasteiger charge is -2.34. The van der Waals surface area contributed by atoms with E-state index in [2.05, 4.69) is 22.0 Å². The lowest BCUT2D eigenvalue weighted by Crippen LogP contribution is -2.48. The van der Waals surface area contributed by atoms with E-state index in [1.807, 2.05) is 23.1 Å². The molecule has 1 saturated heterocycles. The molecule has 0 radical (unpaired) electrons. The largest absolute Gasteiger partial charge is 0.336 e. The zero-order chi connectivity index (χ0) is 16.8. The zero-order valence-electron chi connectivity index (χ0n) is 13.7. The predicted molar refractivity (Wildman–Crippen MR) is 96.4 cm³/mol. The SMILES string of the molecule is O=C(c1cccnc1)N1CCN(CCCc2ccc(Cl)cc2)CC1. The van der Waals surface area contributed by atoms with Gasteiger partial charge in [0.1, 0.15) is 0 Å². The van der Waals surface area contributed by atoms with Gasteiger partial charge in [-0.3, -0.25) is 14.7 Å². The predicted octanol–water partition coefficient (Wildman–Crippen LogP) is 3.13. The first-order chi connectivity index (χ1) is 11.7. The molecule has 0 aliphatic carbocycles. The second-order valence-electron chi connectivity index (χ2n) is 6.11. The molecule has 5 heteroatoms. The van der Waals surface area contributed by atoms with Crippen molar-refractivity contribution in [3.05, 3.63) is 64.9 Å². The normalized spacial score (nSPS) is 15.5. The topological polar surface area (TPSA) is 36.4 Å². The number of nitrogens with zero attached hydrogens (tertiary/aromatic N) is 3. The Morgan fingerprint density at radius 3 is 2.50 bits per heavy atom. The molecule has 1 aromatic heterocycles. The lowest BCUT2D eigenvalue weighted by molar-refractivity contribution is 0.0635. The summed E-state index contributed by atoms with van der Waals surface area (Å²) >= 11 is 5.91. The van der Waals surface area contributed by atoms with Crippen molar-refractivity contribution in [3.63, 3.8) is 0 Å². The molecule has 0 unspecified atom stereocenters. The minimum absolute atomic E-state index is 0.0870. The number of hydrogen-bond donors (Lipinski definition) is 0. The van der Waals surface area contributed by atoms with Gasteiger partial charge >= 0.3 is 0 Å². The highest BCUT2D eigenvalue weighted by Crippen LogP contribution is 2.12. The molecule has 126 valence electrons. The summed E-state index contributed by atoms with van der Waals surface area (Å²) in [5.74, 6) is 0.0870. The minimum atomic E-state index is 0.0870. The van der Waals surface area contributed by atoms with Gasteiger partial charge in [0.25, 0.3) is 5.91 Å². The van der Waals surface area contributed by atoms with Crippen molar-refractivity contribution in [2.45, 2.75) is 12.8 Å². The molecule has 3 rings (SSSR count). The Labute approximate surface area is 148 Å². The van der Waals surface area contributed by atoms with Gasteiger partial charge in [0.05, 0.1) is 5.56 Å². The molecule has 1 amide bonds. The molecule has 1 aromatic carbocycles. The van der Waals surface area contributed by atoms with E-state index in [1.165, 1.54) is 5.56 Å². The van der Waals surface area contributed by atoms with Crippen LogP contribution in [0.4, 0.5) is 0 Å². The number of benzene rings is 1. The number of pyridine rings is 1. The van der Waals surface area contributed by atoms with Crippen molar-refractivity contribution in [1.82, 2.24) is 14.8 Å². The van der Waals surface area contributed by atoms with Crippen LogP contribution >= 0.6 is 11.6 Å². The van der Waals surface area contributed by atoms with Crippen molar-refractivity contribution in [2.75, 3.05) is 32.7 Å². The summed E-state index contributed by atoms with van der Waals surface area (Å²) in [4.78, 5) is 20.8. The maximum atomic E-state index is 12.4. The molecule has 0 atom stereocenters. The Bertz CT molecular complexity index is 652. The Morgan fingerprint density at radius 2 is 1.83 bits per heavy atom. The van der Waals surface area contributed by atoms with Crippen LogP contribution in [0.3, 0.4) is 0 Å². The van der Waals surface area contributed by atoms with Crippen LogP contribution in [-0.2, 0) is 6.42 Å². The van der Waals surface area contributed by atoms with Crippen LogP contribution in [0.1, 0.15) is 22.3 Å². The van der Waals surface area contributed by atoms with Gasteiger partial charge in [-0.15, -0.1) is 0 Å². The van der Waals surface area contributed by atoms with Crippen LogP contribution in [0.25, 0.3) is 0 Å². The maximum absolute atomic E-state index is 12.4. The molecule has 2 heterocycles. The molecule has 1 aliphatic heterocycles. The monoisotopic (exact) mass is 343 g/mol. The molecule has 0 spiro atoms. The standard InChI is InChI=1S/C19H22ClN3O/c20-18-7-5-16(6-8-18)3-2-10-22-11-13-23(14-12-22)19(24)17-4-1-9-21-15-17/h1,4-9,15H,2-3,10-14H2. The van der Waals surface area contributed by atoms with Crippen LogP contribution in [0.15, 0.2) is 48.8 Å². The Hall–Kier alpha value is -1.91. The van der Waals surface area contributed by atoms with Gasteiger partial charge < -0.3 is 4.90 Å². The van der Waals surface area contributed by atoms with E-state index >= 15 is 0 Å². The maximum Gasteiger partial charge on any atom is 0.255 e. The summed E-state index contributed by atoms with van der Waals surface area (Å²) in [6.45, 7) is 4.51. The zero-order valence-corrected chi connectivity index (χ0v) is 14.5. The van der Waals surface area contributed by atoms with Gasteiger partial charge in [-0.1, -0.05) is 23.7 Å². The molecule has 0 N–H and O–H groups in total. The van der Waals surface area contributed by atoms with Crippen molar-refractivity contribution in [3.8, 4) is 0 Å². The fourth-order valence-corrected chi connectivity index (χ4v) is 3.13. The number of halogens is 1. The molecule has 0 saturated carbocycles. The fourth-order valence-electron chi connectivity index (χ4n) is 3.00. The minimum Gasteiger partial charge on any atom is -0.336 e. The second-order valence-corrected chi connectivity index (χ2v) is 6.54. The number of carbonyl (C=O) groups is 1. The lowest BCUT2D eigenvalue weighted by atomic mass is 10.1. The van der Waals surface area contributed by atoms with Gasteiger partial charge in [-0.25, -0.2) is 0 Å². The molecular formula is C19H22ClN3O. The van der Waals surface area contributed by atoms with Crippen molar-refractivity contribution in [1.29, 1.82) is 0 Å². The van der Waals surface area contributed by atoms with E-state index in [-0.39, 0.29) is 5.91 Å². The van der Waals surface area contributed by atoms with Gasteiger partial charge in [-0.05, 0) is 49.2 Å². The summed E-state index contributed by atoms with van der Waals surface area (Å²) in [5.41, 5.74) is 2.00. The van der Waals surface area contributed by atoms with Gasteiger partial charge in [0, 0.05) is 43.6 Å². The van der Waals surface area contributed by atoms with Crippen molar-refractivity contribution < 1.29 is 4.79 Å². The first-order valence-corrected chi connectivity index (χ1v) is 8.76. The van der Waals surface area contributed by atoms with E-state index < -0.39 is 0 Å². The molecule has 1 aliphatic rings. The summed E-state index contributed by atoms with van der Waals surface area (Å²) < 4.78 is 0. The van der Waals surface area contributed by atoms with E-state index in [9.17, 15) is 4.79 Å². The van der Waals surface area contributed by atoms with Crippen LogP contribution in [0, 0.1) is 0 Å². The summed E-state index contributed by atoms with van der Waals surface area (Å²) in [6.07, 6.45) is 5.51. The molecule has 2 aromatic rings. The Morgan fingerprint density at radius 1 is 1.08 bits per heavy atom. The van der Waals surface area contributed by atoms with Crippen molar-refractivity contribution >= 4 is 17.5 Å². The number of piperazine rings is 1. The third kappa shape index (κ3) is 4.56. The fraction of sp³-hybridized carbons (Fsp3) is 0.368. The number of aromatic nitrogens is 1. The molecule has 4 nitrogen and oxygen atoms in total. The van der Waals surface area contributed by atoms with E-state index in [1.54, 1.807) is 18.5 Å². The average molecular weight is 344 g/mol. The van der Waals surface area contributed by atoms with Gasteiger partial charge in [0.15, 0.2) is 0 Å². The van der Waals surface area contributed by atoms with Crippen molar-refractivity contribution in [2.24, 2.45) is 0 Å². The molecule has 24 heavy (non-hydrogen) atoms. The summed E-state index contributed by atoms with van der Waals surface area (Å²) in [6, 6.07) is 11.7. The quantitative estimate of drug-likeness (QED) is 0.837. The number of amides is 1. The second kappa shape index (κ2) is 8.27. The summed E-state index contributed by atoms with van der Waals surface area (Å²) in [7, 11) is 0. The van der Waals surface area contributed by atoms with Crippen LogP contribution in [-0.4, -0.2) is 53.4 Å². The first-order valence-electron chi connectivity index (χ1n) is 8.38. The van der Waals surface area contributed by atoms with Gasteiger partial charge in [-0.2, -0.15) is 0 Å².